The summed E-state index contributed by atoms with van der Waals surface area (Å²) in [6.45, 7) is 1.90. The maximum atomic E-state index is 11.7. The second kappa shape index (κ2) is 4.16. The zero-order chi connectivity index (χ0) is 12.6. The molecule has 0 amide bonds. The van der Waals surface area contributed by atoms with Gasteiger partial charge in [0.1, 0.15) is 0 Å². The van der Waals surface area contributed by atoms with Crippen molar-refractivity contribution in [3.63, 3.8) is 0 Å². The van der Waals surface area contributed by atoms with Crippen molar-refractivity contribution in [1.82, 2.24) is 4.57 Å². The minimum Gasteiger partial charge on any atom is -0.465 e. The number of ether oxygens (including phenoxy) is 1. The summed E-state index contributed by atoms with van der Waals surface area (Å²) in [5, 5.41) is 0. The van der Waals surface area contributed by atoms with Gasteiger partial charge in [-0.3, -0.25) is 9.59 Å². The predicted octanol–water partition coefficient (Wildman–Crippen LogP) is 0.993. The Balaban J connectivity index is 2.52. The minimum absolute atomic E-state index is 0.297. The van der Waals surface area contributed by atoms with Gasteiger partial charge in [-0.05, 0) is 18.9 Å². The Bertz CT molecular complexity index is 513. The molecule has 0 aliphatic carbocycles. The molecule has 0 unspecified atom stereocenters. The van der Waals surface area contributed by atoms with Crippen LogP contribution in [0.4, 0.5) is 0 Å². The van der Waals surface area contributed by atoms with Gasteiger partial charge in [0.15, 0.2) is 0 Å². The van der Waals surface area contributed by atoms with E-state index in [9.17, 15) is 14.4 Å². The van der Waals surface area contributed by atoms with Gasteiger partial charge in [-0.1, -0.05) is 0 Å². The number of esters is 1. The highest BCUT2D eigenvalue weighted by atomic mass is 16.5. The van der Waals surface area contributed by atoms with Gasteiger partial charge in [-0.25, -0.2) is 4.79 Å². The fourth-order valence-electron chi connectivity index (χ4n) is 2.17. The molecule has 1 aliphatic rings. The fourth-order valence-corrected chi connectivity index (χ4v) is 2.17. The van der Waals surface area contributed by atoms with Crippen LogP contribution in [0.1, 0.15) is 39.9 Å². The molecule has 0 bridgehead atoms. The van der Waals surface area contributed by atoms with Gasteiger partial charge >= 0.3 is 5.97 Å². The molecule has 0 radical (unpaired) electrons. The van der Waals surface area contributed by atoms with Crippen molar-refractivity contribution in [1.29, 1.82) is 0 Å². The smallest absolute Gasteiger partial charge is 0.339 e. The lowest BCUT2D eigenvalue weighted by Crippen LogP contribution is -2.14. The molecule has 0 aromatic carbocycles. The Hall–Kier alpha value is -1.91. The minimum atomic E-state index is -0.552. The summed E-state index contributed by atoms with van der Waals surface area (Å²) < 4.78 is 6.41. The number of aromatic nitrogens is 1. The summed E-state index contributed by atoms with van der Waals surface area (Å²) >= 11 is 0. The van der Waals surface area contributed by atoms with Crippen LogP contribution in [0.3, 0.4) is 0 Å². The van der Waals surface area contributed by atoms with Crippen molar-refractivity contribution >= 4 is 17.5 Å². The monoisotopic (exact) mass is 235 g/mol. The van der Waals surface area contributed by atoms with Crippen LogP contribution in [0.15, 0.2) is 6.07 Å². The van der Waals surface area contributed by atoms with E-state index in [4.69, 9.17) is 0 Å². The number of rotatable bonds is 3. The molecule has 5 nitrogen and oxygen atoms in total. The van der Waals surface area contributed by atoms with Gasteiger partial charge in [0.2, 0.25) is 11.6 Å². The predicted molar refractivity (Wildman–Crippen MR) is 59.1 cm³/mol. The van der Waals surface area contributed by atoms with Crippen LogP contribution in [0, 0.1) is 0 Å². The van der Waals surface area contributed by atoms with E-state index < -0.39 is 17.5 Å². The van der Waals surface area contributed by atoms with Crippen molar-refractivity contribution in [3.8, 4) is 0 Å². The highest BCUT2D eigenvalue weighted by Crippen LogP contribution is 2.25. The van der Waals surface area contributed by atoms with Crippen LogP contribution >= 0.6 is 0 Å². The molecule has 90 valence electrons. The van der Waals surface area contributed by atoms with E-state index in [1.807, 2.05) is 0 Å². The average Bonchev–Trinajstić information content (AvgIpc) is 2.87. The zero-order valence-corrected chi connectivity index (χ0v) is 9.78. The van der Waals surface area contributed by atoms with Gasteiger partial charge in [0.25, 0.3) is 0 Å². The first-order valence-electron chi connectivity index (χ1n) is 5.42. The summed E-state index contributed by atoms with van der Waals surface area (Å²) in [5.74, 6) is -1.53. The fraction of sp³-hybridized carbons (Fsp3) is 0.417. The number of hydrogen-bond donors (Lipinski definition) is 0. The lowest BCUT2D eigenvalue weighted by atomic mass is 10.1. The van der Waals surface area contributed by atoms with Gasteiger partial charge in [-0.15, -0.1) is 0 Å². The molecule has 0 saturated heterocycles. The van der Waals surface area contributed by atoms with E-state index >= 15 is 0 Å². The van der Waals surface area contributed by atoms with Gasteiger partial charge < -0.3 is 9.30 Å². The number of carbonyl (C=O) groups excluding carboxylic acids is 3. The van der Waals surface area contributed by atoms with Crippen molar-refractivity contribution < 1.29 is 19.1 Å². The number of hydrogen-bond acceptors (Lipinski definition) is 4. The second-order valence-electron chi connectivity index (χ2n) is 4.02. The topological polar surface area (TPSA) is 65.4 Å². The van der Waals surface area contributed by atoms with Crippen molar-refractivity contribution in [3.05, 3.63) is 23.0 Å². The summed E-state index contributed by atoms with van der Waals surface area (Å²) in [6, 6.07) is 1.46. The maximum absolute atomic E-state index is 11.7. The lowest BCUT2D eigenvalue weighted by Gasteiger charge is -2.02. The van der Waals surface area contributed by atoms with Crippen LogP contribution in [0.25, 0.3) is 0 Å². The van der Waals surface area contributed by atoms with E-state index in [1.54, 1.807) is 4.57 Å². The first kappa shape index (κ1) is 11.6. The van der Waals surface area contributed by atoms with Gasteiger partial charge in [0.05, 0.1) is 18.4 Å². The summed E-state index contributed by atoms with van der Waals surface area (Å²) in [6.07, 6.45) is 1.61. The van der Waals surface area contributed by atoms with E-state index in [2.05, 4.69) is 4.74 Å². The third-order valence-electron chi connectivity index (χ3n) is 2.96. The number of methoxy groups -OCH3 is 1. The molecule has 0 atom stereocenters. The maximum Gasteiger partial charge on any atom is 0.339 e. The number of nitrogens with zero attached hydrogens (tertiary/aromatic N) is 1. The van der Waals surface area contributed by atoms with Crippen molar-refractivity contribution in [2.75, 3.05) is 7.11 Å². The van der Waals surface area contributed by atoms with E-state index in [1.165, 1.54) is 20.1 Å². The molecule has 5 heteroatoms. The highest BCUT2D eigenvalue weighted by molar-refractivity contribution is 6.42. The Morgan fingerprint density at radius 2 is 2.06 bits per heavy atom. The number of carbonyl (C=O) groups is 3. The van der Waals surface area contributed by atoms with Crippen LogP contribution in [0.2, 0.25) is 0 Å². The molecule has 0 fully saturated rings. The number of ketones is 2. The molecular formula is C12H13NO4. The number of fused-ring (bicyclic) bond motifs is 1. The lowest BCUT2D eigenvalue weighted by molar-refractivity contribution is -0.113. The Morgan fingerprint density at radius 1 is 1.35 bits per heavy atom. The Kier molecular flexibility index (Phi) is 2.83. The van der Waals surface area contributed by atoms with E-state index in [-0.39, 0.29) is 0 Å². The van der Waals surface area contributed by atoms with Crippen LogP contribution in [0.5, 0.6) is 0 Å². The largest absolute Gasteiger partial charge is 0.465 e. The normalized spacial score (nSPS) is 13.3. The van der Waals surface area contributed by atoms with Gasteiger partial charge in [-0.2, -0.15) is 0 Å². The van der Waals surface area contributed by atoms with Crippen LogP contribution in [-0.4, -0.2) is 29.2 Å². The summed E-state index contributed by atoms with van der Waals surface area (Å²) in [4.78, 5) is 34.4. The molecule has 0 N–H and O–H groups in total. The first-order chi connectivity index (χ1) is 8.06. The first-order valence-corrected chi connectivity index (χ1v) is 5.42. The molecule has 1 aliphatic heterocycles. The zero-order valence-electron chi connectivity index (χ0n) is 9.78. The van der Waals surface area contributed by atoms with Crippen molar-refractivity contribution in [2.45, 2.75) is 26.3 Å². The number of Topliss-reactive ketones (excluding diaryl/α,β-unsaturated/α-hetero) is 2. The van der Waals surface area contributed by atoms with E-state index in [0.717, 1.165) is 18.5 Å². The third-order valence-corrected chi connectivity index (χ3v) is 2.96. The van der Waals surface area contributed by atoms with Crippen LogP contribution in [-0.2, 0) is 22.5 Å². The van der Waals surface area contributed by atoms with Gasteiger partial charge in [0, 0.05) is 19.2 Å². The molecule has 2 rings (SSSR count). The molecule has 1 aromatic rings. The Morgan fingerprint density at radius 3 is 2.65 bits per heavy atom. The van der Waals surface area contributed by atoms with Crippen molar-refractivity contribution in [2.24, 2.45) is 0 Å². The SMILES string of the molecule is COC(=O)c1cc(C(=O)C(C)=O)n2c1CCC2. The second-order valence-corrected chi connectivity index (χ2v) is 4.02. The highest BCUT2D eigenvalue weighted by Gasteiger charge is 2.28. The third kappa shape index (κ3) is 1.77. The molecule has 2 heterocycles. The molecular weight excluding hydrogens is 222 g/mol. The molecule has 0 saturated carbocycles. The summed E-state index contributed by atoms with van der Waals surface area (Å²) in [7, 11) is 1.30. The van der Waals surface area contributed by atoms with E-state index in [0.29, 0.717) is 17.8 Å². The summed E-state index contributed by atoms with van der Waals surface area (Å²) in [5.41, 5.74) is 1.49. The molecule has 1 aromatic heterocycles. The Labute approximate surface area is 98.4 Å². The quantitative estimate of drug-likeness (QED) is 0.445. The van der Waals surface area contributed by atoms with Crippen LogP contribution < -0.4 is 0 Å². The standard InChI is InChI=1S/C12H13NO4/c1-7(14)11(15)10-6-8(12(16)17-2)9-4-3-5-13(9)10/h6H,3-5H2,1-2H3. The molecule has 0 spiro atoms. The average molecular weight is 235 g/mol. The molecule has 17 heavy (non-hydrogen) atoms.